The minimum atomic E-state index is -3.07. The van der Waals surface area contributed by atoms with E-state index in [0.717, 1.165) is 25.9 Å². The lowest BCUT2D eigenvalue weighted by Crippen LogP contribution is -2.30. The molecule has 0 spiro atoms. The number of hydrogen-bond acceptors (Lipinski definition) is 4. The SMILES string of the molecule is CCCNCCCS(=O)(=O)NCCC(C)SC. The van der Waals surface area contributed by atoms with Gasteiger partial charge in [0.25, 0.3) is 0 Å². The van der Waals surface area contributed by atoms with Crippen molar-refractivity contribution < 1.29 is 8.42 Å². The van der Waals surface area contributed by atoms with Crippen molar-refractivity contribution in [3.05, 3.63) is 0 Å². The van der Waals surface area contributed by atoms with Crippen molar-refractivity contribution in [2.45, 2.75) is 38.4 Å². The average molecular weight is 282 g/mol. The summed E-state index contributed by atoms with van der Waals surface area (Å²) < 4.78 is 25.8. The smallest absolute Gasteiger partial charge is 0.211 e. The van der Waals surface area contributed by atoms with E-state index in [-0.39, 0.29) is 5.75 Å². The first kappa shape index (κ1) is 17.2. The zero-order valence-electron chi connectivity index (χ0n) is 11.2. The zero-order chi connectivity index (χ0) is 13.1. The summed E-state index contributed by atoms with van der Waals surface area (Å²) in [6, 6.07) is 0. The molecule has 0 saturated carbocycles. The van der Waals surface area contributed by atoms with Crippen molar-refractivity contribution in [1.29, 1.82) is 0 Å². The van der Waals surface area contributed by atoms with Crippen LogP contribution >= 0.6 is 11.8 Å². The first-order valence-corrected chi connectivity index (χ1v) is 9.16. The van der Waals surface area contributed by atoms with Gasteiger partial charge in [0.2, 0.25) is 10.0 Å². The van der Waals surface area contributed by atoms with Gasteiger partial charge in [-0.25, -0.2) is 13.1 Å². The maximum absolute atomic E-state index is 11.6. The van der Waals surface area contributed by atoms with Gasteiger partial charge in [-0.05, 0) is 38.6 Å². The highest BCUT2D eigenvalue weighted by Gasteiger charge is 2.09. The van der Waals surface area contributed by atoms with Crippen molar-refractivity contribution in [3.8, 4) is 0 Å². The first-order valence-electron chi connectivity index (χ1n) is 6.22. The van der Waals surface area contributed by atoms with Crippen molar-refractivity contribution in [2.75, 3.05) is 31.6 Å². The van der Waals surface area contributed by atoms with Crippen molar-refractivity contribution in [2.24, 2.45) is 0 Å². The van der Waals surface area contributed by atoms with Crippen LogP contribution in [-0.4, -0.2) is 45.3 Å². The maximum atomic E-state index is 11.6. The van der Waals surface area contributed by atoms with Gasteiger partial charge in [-0.15, -0.1) is 0 Å². The van der Waals surface area contributed by atoms with Crippen LogP contribution in [0, 0.1) is 0 Å². The third-order valence-corrected chi connectivity index (χ3v) is 4.98. The lowest BCUT2D eigenvalue weighted by molar-refractivity contribution is 0.572. The summed E-state index contributed by atoms with van der Waals surface area (Å²) in [6.45, 7) is 6.48. The summed E-state index contributed by atoms with van der Waals surface area (Å²) >= 11 is 1.76. The second kappa shape index (κ2) is 10.2. The second-order valence-corrected chi connectivity index (χ2v) is 7.35. The van der Waals surface area contributed by atoms with E-state index in [2.05, 4.69) is 23.9 Å². The zero-order valence-corrected chi connectivity index (χ0v) is 12.8. The van der Waals surface area contributed by atoms with Crippen molar-refractivity contribution >= 4 is 21.8 Å². The van der Waals surface area contributed by atoms with Gasteiger partial charge in [0, 0.05) is 11.8 Å². The fourth-order valence-electron chi connectivity index (χ4n) is 1.30. The van der Waals surface area contributed by atoms with Crippen LogP contribution in [0.25, 0.3) is 0 Å². The van der Waals surface area contributed by atoms with Crippen molar-refractivity contribution in [3.63, 3.8) is 0 Å². The van der Waals surface area contributed by atoms with Gasteiger partial charge in [-0.2, -0.15) is 11.8 Å². The topological polar surface area (TPSA) is 58.2 Å². The highest BCUT2D eigenvalue weighted by atomic mass is 32.2. The monoisotopic (exact) mass is 282 g/mol. The van der Waals surface area contributed by atoms with E-state index >= 15 is 0 Å². The standard InChI is InChI=1S/C11H26N2O2S2/c1-4-7-12-8-5-10-17(14,15)13-9-6-11(2)16-3/h11-13H,4-10H2,1-3H3. The van der Waals surface area contributed by atoms with E-state index in [9.17, 15) is 8.42 Å². The Morgan fingerprint density at radius 2 is 1.94 bits per heavy atom. The molecule has 0 heterocycles. The largest absolute Gasteiger partial charge is 0.317 e. The predicted octanol–water partition coefficient (Wildman–Crippen LogP) is 1.44. The summed E-state index contributed by atoms with van der Waals surface area (Å²) in [7, 11) is -3.07. The molecule has 6 heteroatoms. The van der Waals surface area contributed by atoms with Gasteiger partial charge >= 0.3 is 0 Å². The van der Waals surface area contributed by atoms with Crippen LogP contribution in [0.15, 0.2) is 0 Å². The number of thioether (sulfide) groups is 1. The molecule has 4 nitrogen and oxygen atoms in total. The van der Waals surface area contributed by atoms with Crippen LogP contribution in [0.2, 0.25) is 0 Å². The Morgan fingerprint density at radius 1 is 1.24 bits per heavy atom. The Bertz CT molecular complexity index is 269. The molecule has 0 aliphatic rings. The Hall–Kier alpha value is 0.220. The third-order valence-electron chi connectivity index (χ3n) is 2.47. The van der Waals surface area contributed by atoms with Gasteiger partial charge in [0.1, 0.15) is 0 Å². The molecule has 1 unspecified atom stereocenters. The maximum Gasteiger partial charge on any atom is 0.211 e. The van der Waals surface area contributed by atoms with E-state index in [1.807, 2.05) is 6.26 Å². The summed E-state index contributed by atoms with van der Waals surface area (Å²) in [5, 5.41) is 3.70. The molecule has 0 aliphatic heterocycles. The van der Waals surface area contributed by atoms with Crippen LogP contribution in [0.1, 0.15) is 33.1 Å². The van der Waals surface area contributed by atoms with E-state index in [1.54, 1.807) is 11.8 Å². The first-order chi connectivity index (χ1) is 8.02. The molecule has 104 valence electrons. The van der Waals surface area contributed by atoms with Gasteiger partial charge in [0.05, 0.1) is 5.75 Å². The fraction of sp³-hybridized carbons (Fsp3) is 1.00. The number of nitrogens with one attached hydrogen (secondary N) is 2. The molecule has 0 rings (SSSR count). The minimum absolute atomic E-state index is 0.220. The van der Waals surface area contributed by atoms with Gasteiger partial charge in [-0.3, -0.25) is 0 Å². The molecular formula is C11H26N2O2S2. The van der Waals surface area contributed by atoms with E-state index in [1.165, 1.54) is 0 Å². The van der Waals surface area contributed by atoms with Crippen LogP contribution in [-0.2, 0) is 10.0 Å². The second-order valence-electron chi connectivity index (χ2n) is 4.15. The molecular weight excluding hydrogens is 256 g/mol. The molecule has 0 fully saturated rings. The Morgan fingerprint density at radius 3 is 2.53 bits per heavy atom. The van der Waals surface area contributed by atoms with E-state index < -0.39 is 10.0 Å². The molecule has 0 aromatic carbocycles. The number of sulfonamides is 1. The Kier molecular flexibility index (Phi) is 10.3. The Labute approximate surface area is 110 Å². The summed E-state index contributed by atoms with van der Waals surface area (Å²) in [4.78, 5) is 0. The van der Waals surface area contributed by atoms with Gasteiger partial charge in [0.15, 0.2) is 0 Å². The summed E-state index contributed by atoms with van der Waals surface area (Å²) in [5.41, 5.74) is 0. The molecule has 0 bridgehead atoms. The van der Waals surface area contributed by atoms with E-state index in [0.29, 0.717) is 18.2 Å². The van der Waals surface area contributed by atoms with E-state index in [4.69, 9.17) is 0 Å². The lowest BCUT2D eigenvalue weighted by Gasteiger charge is -2.10. The quantitative estimate of drug-likeness (QED) is 0.563. The molecule has 0 aromatic heterocycles. The van der Waals surface area contributed by atoms with Crippen LogP contribution < -0.4 is 10.0 Å². The molecule has 2 N–H and O–H groups in total. The fourth-order valence-corrected chi connectivity index (χ4v) is 2.75. The lowest BCUT2D eigenvalue weighted by atomic mass is 10.3. The molecule has 0 aliphatic carbocycles. The third kappa shape index (κ3) is 11.1. The minimum Gasteiger partial charge on any atom is -0.317 e. The predicted molar refractivity (Wildman–Crippen MR) is 77.2 cm³/mol. The molecule has 0 aromatic rings. The molecule has 1 atom stereocenters. The molecule has 0 radical (unpaired) electrons. The van der Waals surface area contributed by atoms with Gasteiger partial charge < -0.3 is 5.32 Å². The average Bonchev–Trinajstić information content (AvgIpc) is 2.28. The van der Waals surface area contributed by atoms with Crippen LogP contribution in [0.5, 0.6) is 0 Å². The summed E-state index contributed by atoms with van der Waals surface area (Å²) in [6.07, 6.45) is 4.68. The number of rotatable bonds is 11. The van der Waals surface area contributed by atoms with Crippen molar-refractivity contribution in [1.82, 2.24) is 10.0 Å². The summed E-state index contributed by atoms with van der Waals surface area (Å²) in [5.74, 6) is 0.220. The highest BCUT2D eigenvalue weighted by molar-refractivity contribution is 7.99. The van der Waals surface area contributed by atoms with Crippen LogP contribution in [0.3, 0.4) is 0 Å². The number of hydrogen-bond donors (Lipinski definition) is 2. The normalized spacial score (nSPS) is 13.8. The highest BCUT2D eigenvalue weighted by Crippen LogP contribution is 2.08. The van der Waals surface area contributed by atoms with Gasteiger partial charge in [-0.1, -0.05) is 13.8 Å². The molecule has 0 saturated heterocycles. The molecule has 0 amide bonds. The Balaban J connectivity index is 3.59. The van der Waals surface area contributed by atoms with Crippen LogP contribution in [0.4, 0.5) is 0 Å². The molecule has 17 heavy (non-hydrogen) atoms.